The van der Waals surface area contributed by atoms with Crippen molar-refractivity contribution >= 4 is 46.2 Å². The van der Waals surface area contributed by atoms with Crippen LogP contribution >= 0.6 is 35.4 Å². The Balaban J connectivity index is 1.67. The minimum absolute atomic E-state index is 0.0372. The Kier molecular flexibility index (Phi) is 4.90. The van der Waals surface area contributed by atoms with Gasteiger partial charge in [-0.15, -0.1) is 0 Å². The first-order valence-corrected chi connectivity index (χ1v) is 9.52. The van der Waals surface area contributed by atoms with Crippen molar-refractivity contribution in [2.24, 2.45) is 0 Å². The van der Waals surface area contributed by atoms with Crippen molar-refractivity contribution in [1.29, 1.82) is 0 Å². The molecule has 0 amide bonds. The SMILES string of the molecule is S=C(Nc1cccc(Cl)c1)N1CCn2cccc2[C@H]1c1ccc(Cl)cc1. The van der Waals surface area contributed by atoms with Gasteiger partial charge in [0, 0.05) is 40.7 Å². The van der Waals surface area contributed by atoms with E-state index in [2.05, 4.69) is 45.2 Å². The molecule has 1 N–H and O–H groups in total. The van der Waals surface area contributed by atoms with Gasteiger partial charge in [-0.05, 0) is 60.2 Å². The number of anilines is 1. The minimum Gasteiger partial charge on any atom is -0.348 e. The number of nitrogens with zero attached hydrogens (tertiary/aromatic N) is 2. The second-order valence-electron chi connectivity index (χ2n) is 6.21. The number of aromatic nitrogens is 1. The zero-order chi connectivity index (χ0) is 18.1. The third kappa shape index (κ3) is 3.45. The molecule has 2 heterocycles. The molecule has 1 aliphatic heterocycles. The molecule has 4 rings (SSSR count). The van der Waals surface area contributed by atoms with Crippen LogP contribution in [0, 0.1) is 0 Å². The minimum atomic E-state index is 0.0372. The Bertz CT molecular complexity index is 936. The largest absolute Gasteiger partial charge is 0.348 e. The summed E-state index contributed by atoms with van der Waals surface area (Å²) in [7, 11) is 0. The summed E-state index contributed by atoms with van der Waals surface area (Å²) in [5.41, 5.74) is 3.26. The van der Waals surface area contributed by atoms with Crippen molar-refractivity contribution in [3.8, 4) is 0 Å². The molecule has 0 bridgehead atoms. The molecule has 0 aliphatic carbocycles. The molecular weight excluding hydrogens is 385 g/mol. The van der Waals surface area contributed by atoms with E-state index < -0.39 is 0 Å². The van der Waals surface area contributed by atoms with Crippen molar-refractivity contribution < 1.29 is 0 Å². The maximum atomic E-state index is 6.09. The van der Waals surface area contributed by atoms with Gasteiger partial charge in [-0.1, -0.05) is 41.4 Å². The number of fused-ring (bicyclic) bond motifs is 1. The molecule has 26 heavy (non-hydrogen) atoms. The topological polar surface area (TPSA) is 20.2 Å². The van der Waals surface area contributed by atoms with E-state index in [1.54, 1.807) is 0 Å². The van der Waals surface area contributed by atoms with Crippen LogP contribution < -0.4 is 5.32 Å². The highest BCUT2D eigenvalue weighted by Crippen LogP contribution is 2.33. The van der Waals surface area contributed by atoms with E-state index in [4.69, 9.17) is 35.4 Å². The van der Waals surface area contributed by atoms with Crippen LogP contribution in [0.25, 0.3) is 0 Å². The van der Waals surface area contributed by atoms with E-state index in [0.717, 1.165) is 29.4 Å². The fraction of sp³-hybridized carbons (Fsp3) is 0.150. The summed E-state index contributed by atoms with van der Waals surface area (Å²) in [6.07, 6.45) is 2.11. The van der Waals surface area contributed by atoms with Crippen LogP contribution in [0.2, 0.25) is 10.0 Å². The lowest BCUT2D eigenvalue weighted by Gasteiger charge is -2.39. The molecule has 0 saturated carbocycles. The Morgan fingerprint density at radius 2 is 1.77 bits per heavy atom. The Morgan fingerprint density at radius 3 is 2.54 bits per heavy atom. The zero-order valence-electron chi connectivity index (χ0n) is 13.9. The average Bonchev–Trinajstić information content (AvgIpc) is 3.10. The van der Waals surface area contributed by atoms with Crippen LogP contribution in [0.5, 0.6) is 0 Å². The van der Waals surface area contributed by atoms with E-state index in [0.29, 0.717) is 10.1 Å². The van der Waals surface area contributed by atoms with Gasteiger partial charge in [-0.3, -0.25) is 0 Å². The van der Waals surface area contributed by atoms with E-state index >= 15 is 0 Å². The van der Waals surface area contributed by atoms with Gasteiger partial charge in [0.25, 0.3) is 0 Å². The molecule has 0 fully saturated rings. The lowest BCUT2D eigenvalue weighted by Crippen LogP contribution is -2.44. The summed E-state index contributed by atoms with van der Waals surface area (Å²) in [5, 5.41) is 5.41. The van der Waals surface area contributed by atoms with Gasteiger partial charge in [0.15, 0.2) is 5.11 Å². The highest BCUT2D eigenvalue weighted by molar-refractivity contribution is 7.80. The first kappa shape index (κ1) is 17.4. The second kappa shape index (κ2) is 7.31. The number of benzene rings is 2. The third-order valence-corrected chi connectivity index (χ3v) is 5.38. The fourth-order valence-corrected chi connectivity index (χ4v) is 3.99. The number of hydrogen-bond acceptors (Lipinski definition) is 1. The van der Waals surface area contributed by atoms with Crippen molar-refractivity contribution in [2.75, 3.05) is 11.9 Å². The maximum absolute atomic E-state index is 6.09. The summed E-state index contributed by atoms with van der Waals surface area (Å²) < 4.78 is 2.28. The van der Waals surface area contributed by atoms with E-state index in [-0.39, 0.29) is 6.04 Å². The smallest absolute Gasteiger partial charge is 0.174 e. The summed E-state index contributed by atoms with van der Waals surface area (Å²) in [6, 6.07) is 19.8. The number of thiocarbonyl (C=S) groups is 1. The van der Waals surface area contributed by atoms with Gasteiger partial charge in [0.2, 0.25) is 0 Å². The van der Waals surface area contributed by atoms with Crippen LogP contribution in [0.3, 0.4) is 0 Å². The van der Waals surface area contributed by atoms with Crippen molar-refractivity contribution in [2.45, 2.75) is 12.6 Å². The van der Waals surface area contributed by atoms with Crippen molar-refractivity contribution in [3.63, 3.8) is 0 Å². The van der Waals surface area contributed by atoms with Crippen LogP contribution in [0.1, 0.15) is 17.3 Å². The normalized spacial score (nSPS) is 16.2. The van der Waals surface area contributed by atoms with Gasteiger partial charge >= 0.3 is 0 Å². The van der Waals surface area contributed by atoms with Crippen LogP contribution in [0.15, 0.2) is 66.9 Å². The fourth-order valence-electron chi connectivity index (χ4n) is 3.36. The highest BCUT2D eigenvalue weighted by Gasteiger charge is 2.30. The molecule has 1 aromatic heterocycles. The van der Waals surface area contributed by atoms with E-state index in [1.807, 2.05) is 36.4 Å². The molecule has 6 heteroatoms. The molecule has 1 atom stereocenters. The van der Waals surface area contributed by atoms with Gasteiger partial charge < -0.3 is 14.8 Å². The monoisotopic (exact) mass is 401 g/mol. The van der Waals surface area contributed by atoms with Crippen LogP contribution in [-0.4, -0.2) is 21.1 Å². The number of halogens is 2. The number of rotatable bonds is 2. The number of nitrogens with one attached hydrogen (secondary N) is 1. The molecule has 2 aromatic carbocycles. The molecule has 132 valence electrons. The molecule has 3 aromatic rings. The first-order chi connectivity index (χ1) is 12.6. The number of hydrogen-bond donors (Lipinski definition) is 1. The average molecular weight is 402 g/mol. The first-order valence-electron chi connectivity index (χ1n) is 8.35. The zero-order valence-corrected chi connectivity index (χ0v) is 16.2. The molecule has 0 spiro atoms. The highest BCUT2D eigenvalue weighted by atomic mass is 35.5. The standard InChI is InChI=1S/C20H17Cl2N3S/c21-15-8-6-14(7-9-15)19-18-5-2-10-24(18)11-12-25(19)20(26)23-17-4-1-3-16(22)13-17/h1-10,13,19H,11-12H2,(H,23,26)/t19-/m1/s1. The molecule has 0 radical (unpaired) electrons. The molecule has 1 aliphatic rings. The van der Waals surface area contributed by atoms with Gasteiger partial charge in [0.05, 0.1) is 6.04 Å². The summed E-state index contributed by atoms with van der Waals surface area (Å²) in [6.45, 7) is 1.71. The van der Waals surface area contributed by atoms with Crippen molar-refractivity contribution in [1.82, 2.24) is 9.47 Å². The molecular formula is C20H17Cl2N3S. The predicted molar refractivity (Wildman–Crippen MR) is 112 cm³/mol. The second-order valence-corrected chi connectivity index (χ2v) is 7.47. The Hall–Kier alpha value is -2.01. The van der Waals surface area contributed by atoms with Gasteiger partial charge in [0.1, 0.15) is 0 Å². The van der Waals surface area contributed by atoms with Gasteiger partial charge in [-0.2, -0.15) is 0 Å². The summed E-state index contributed by atoms with van der Waals surface area (Å²) >= 11 is 17.9. The molecule has 0 saturated heterocycles. The molecule has 3 nitrogen and oxygen atoms in total. The van der Waals surface area contributed by atoms with Crippen LogP contribution in [0.4, 0.5) is 5.69 Å². The lowest BCUT2D eigenvalue weighted by molar-refractivity contribution is 0.293. The Morgan fingerprint density at radius 1 is 0.962 bits per heavy atom. The predicted octanol–water partition coefficient (Wildman–Crippen LogP) is 5.60. The van der Waals surface area contributed by atoms with Gasteiger partial charge in [-0.25, -0.2) is 0 Å². The van der Waals surface area contributed by atoms with Crippen molar-refractivity contribution in [3.05, 3.63) is 88.2 Å². The summed E-state index contributed by atoms with van der Waals surface area (Å²) in [5.74, 6) is 0. The van der Waals surface area contributed by atoms with E-state index in [9.17, 15) is 0 Å². The third-order valence-electron chi connectivity index (χ3n) is 4.56. The van der Waals surface area contributed by atoms with Crippen LogP contribution in [-0.2, 0) is 6.54 Å². The van der Waals surface area contributed by atoms with E-state index in [1.165, 1.54) is 5.69 Å². The lowest BCUT2D eigenvalue weighted by atomic mass is 10.0. The summed E-state index contributed by atoms with van der Waals surface area (Å²) in [4.78, 5) is 2.22. The Labute approximate surface area is 168 Å². The maximum Gasteiger partial charge on any atom is 0.174 e. The molecule has 0 unspecified atom stereocenters. The quantitative estimate of drug-likeness (QED) is 0.564.